The smallest absolute Gasteiger partial charge is 0.338 e. The van der Waals surface area contributed by atoms with Crippen molar-refractivity contribution in [2.75, 3.05) is 0 Å². The minimum Gasteiger partial charge on any atom is -0.456 e. The average molecular weight is 299 g/mol. The molecule has 17 heavy (non-hydrogen) atoms. The number of halogens is 2. The van der Waals surface area contributed by atoms with E-state index >= 15 is 0 Å². The number of hydrogen-bond donors (Lipinski definition) is 0. The van der Waals surface area contributed by atoms with E-state index in [1.807, 2.05) is 0 Å². The molecule has 90 valence electrons. The molecule has 0 atom stereocenters. The lowest BCUT2D eigenvalue weighted by Crippen LogP contribution is -2.24. The summed E-state index contributed by atoms with van der Waals surface area (Å²) < 4.78 is 18.8. The zero-order valence-electron chi connectivity index (χ0n) is 9.80. The topological polar surface area (TPSA) is 26.3 Å². The summed E-state index contributed by atoms with van der Waals surface area (Å²) in [5, 5.41) is 0. The Bertz CT molecular complexity index is 495. The number of esters is 1. The predicted molar refractivity (Wildman–Crippen MR) is 67.2 cm³/mol. The van der Waals surface area contributed by atoms with Gasteiger partial charge in [0.2, 0.25) is 0 Å². The lowest BCUT2D eigenvalue weighted by molar-refractivity contribution is 0.00694. The monoisotopic (exact) mass is 298 g/mol. The molecular weight excluding hydrogens is 287 g/mol. The maximum Gasteiger partial charge on any atom is 0.338 e. The van der Waals surface area contributed by atoms with Crippen molar-refractivity contribution < 1.29 is 13.9 Å². The Balaban J connectivity index is 3.13. The molecule has 0 bridgehead atoms. The summed E-state index contributed by atoms with van der Waals surface area (Å²) in [5.74, 6) is 1.09. The molecule has 0 aromatic heterocycles. The van der Waals surface area contributed by atoms with E-state index < -0.39 is 17.4 Å². The highest BCUT2D eigenvalue weighted by molar-refractivity contribution is 9.10. The van der Waals surface area contributed by atoms with E-state index in [1.54, 1.807) is 20.8 Å². The van der Waals surface area contributed by atoms with Crippen LogP contribution in [0.25, 0.3) is 0 Å². The third kappa shape index (κ3) is 3.57. The molecule has 1 aromatic rings. The van der Waals surface area contributed by atoms with Crippen LogP contribution in [0.1, 0.15) is 36.7 Å². The molecule has 0 heterocycles. The average Bonchev–Trinajstić information content (AvgIpc) is 2.19. The lowest BCUT2D eigenvalue weighted by Gasteiger charge is -2.19. The van der Waals surface area contributed by atoms with Crippen LogP contribution in [0.15, 0.2) is 16.6 Å². The van der Waals surface area contributed by atoms with Gasteiger partial charge in [-0.1, -0.05) is 5.92 Å². The molecule has 0 aliphatic rings. The normalized spacial score (nSPS) is 10.8. The van der Waals surface area contributed by atoms with E-state index in [2.05, 4.69) is 21.9 Å². The fraction of sp³-hybridized carbons (Fsp3) is 0.308. The van der Waals surface area contributed by atoms with Gasteiger partial charge in [0, 0.05) is 0 Å². The third-order valence-corrected chi connectivity index (χ3v) is 2.40. The molecule has 0 aliphatic carbocycles. The van der Waals surface area contributed by atoms with Crippen LogP contribution in [0.4, 0.5) is 4.39 Å². The Kier molecular flexibility index (Phi) is 3.94. The SMILES string of the molecule is C#Cc1cc(C(=O)OC(C)(C)C)cc(Br)c1F. The van der Waals surface area contributed by atoms with E-state index in [1.165, 1.54) is 12.1 Å². The van der Waals surface area contributed by atoms with Crippen LogP contribution in [0.2, 0.25) is 0 Å². The molecule has 0 saturated heterocycles. The van der Waals surface area contributed by atoms with Gasteiger partial charge in [-0.25, -0.2) is 9.18 Å². The summed E-state index contributed by atoms with van der Waals surface area (Å²) in [4.78, 5) is 11.8. The van der Waals surface area contributed by atoms with Crippen LogP contribution in [0.3, 0.4) is 0 Å². The molecule has 0 aliphatic heterocycles. The van der Waals surface area contributed by atoms with Crippen molar-refractivity contribution in [3.05, 3.63) is 33.5 Å². The Morgan fingerprint density at radius 3 is 2.53 bits per heavy atom. The van der Waals surface area contributed by atoms with Crippen molar-refractivity contribution in [1.82, 2.24) is 0 Å². The molecule has 1 rings (SSSR count). The van der Waals surface area contributed by atoms with Crippen LogP contribution >= 0.6 is 15.9 Å². The van der Waals surface area contributed by atoms with E-state index in [0.29, 0.717) is 0 Å². The second kappa shape index (κ2) is 4.89. The number of hydrogen-bond acceptors (Lipinski definition) is 2. The summed E-state index contributed by atoms with van der Waals surface area (Å²) in [5.41, 5.74) is -0.352. The fourth-order valence-electron chi connectivity index (χ4n) is 1.15. The number of rotatable bonds is 1. The van der Waals surface area contributed by atoms with Gasteiger partial charge in [0.1, 0.15) is 5.60 Å². The molecule has 0 spiro atoms. The molecule has 0 amide bonds. The molecule has 1 aromatic carbocycles. The Labute approximate surface area is 108 Å². The first-order valence-electron chi connectivity index (χ1n) is 4.93. The fourth-order valence-corrected chi connectivity index (χ4v) is 1.61. The van der Waals surface area contributed by atoms with Crippen LogP contribution in [-0.2, 0) is 4.74 Å². The predicted octanol–water partition coefficient (Wildman–Crippen LogP) is 3.52. The van der Waals surface area contributed by atoms with Gasteiger partial charge in [-0.3, -0.25) is 0 Å². The van der Waals surface area contributed by atoms with E-state index in [-0.39, 0.29) is 15.6 Å². The molecule has 0 unspecified atom stereocenters. The van der Waals surface area contributed by atoms with Gasteiger partial charge in [-0.15, -0.1) is 6.42 Å². The summed E-state index contributed by atoms with van der Waals surface area (Å²) in [6.45, 7) is 5.27. The Hall–Kier alpha value is -1.34. The van der Waals surface area contributed by atoms with Gasteiger partial charge < -0.3 is 4.74 Å². The highest BCUT2D eigenvalue weighted by atomic mass is 79.9. The standard InChI is InChI=1S/C13H12BrFO2/c1-5-8-6-9(7-10(14)11(8)15)12(16)17-13(2,3)4/h1,6-7H,2-4H3. The Morgan fingerprint density at radius 1 is 1.47 bits per heavy atom. The van der Waals surface area contributed by atoms with Crippen molar-refractivity contribution in [3.63, 3.8) is 0 Å². The maximum absolute atomic E-state index is 13.4. The van der Waals surface area contributed by atoms with Crippen LogP contribution in [0.5, 0.6) is 0 Å². The van der Waals surface area contributed by atoms with Gasteiger partial charge in [-0.05, 0) is 48.8 Å². The quantitative estimate of drug-likeness (QED) is 0.586. The molecule has 0 radical (unpaired) electrons. The highest BCUT2D eigenvalue weighted by Crippen LogP contribution is 2.22. The van der Waals surface area contributed by atoms with Crippen molar-refractivity contribution in [2.45, 2.75) is 26.4 Å². The van der Waals surface area contributed by atoms with Gasteiger partial charge in [0.25, 0.3) is 0 Å². The number of carbonyl (C=O) groups excluding carboxylic acids is 1. The number of carbonyl (C=O) groups is 1. The summed E-state index contributed by atoms with van der Waals surface area (Å²) in [6.07, 6.45) is 5.15. The third-order valence-electron chi connectivity index (χ3n) is 1.82. The second-order valence-corrected chi connectivity index (χ2v) is 5.32. The van der Waals surface area contributed by atoms with Crippen molar-refractivity contribution in [1.29, 1.82) is 0 Å². The van der Waals surface area contributed by atoms with Gasteiger partial charge in [-0.2, -0.15) is 0 Å². The molecule has 4 heteroatoms. The molecule has 0 fully saturated rings. The zero-order valence-corrected chi connectivity index (χ0v) is 11.4. The van der Waals surface area contributed by atoms with Crippen LogP contribution < -0.4 is 0 Å². The largest absolute Gasteiger partial charge is 0.456 e. The molecule has 2 nitrogen and oxygen atoms in total. The lowest BCUT2D eigenvalue weighted by atomic mass is 10.1. The highest BCUT2D eigenvalue weighted by Gasteiger charge is 2.19. The first-order chi connectivity index (χ1) is 7.74. The minimum absolute atomic E-state index is 0.0280. The number of terminal acetylenes is 1. The first kappa shape index (κ1) is 13.7. The maximum atomic E-state index is 13.4. The Morgan fingerprint density at radius 2 is 2.06 bits per heavy atom. The van der Waals surface area contributed by atoms with Crippen LogP contribution in [-0.4, -0.2) is 11.6 Å². The van der Waals surface area contributed by atoms with Crippen LogP contribution in [0, 0.1) is 18.2 Å². The number of ether oxygens (including phenoxy) is 1. The summed E-state index contributed by atoms with van der Waals surface area (Å²) >= 11 is 3.01. The minimum atomic E-state index is -0.603. The van der Waals surface area contributed by atoms with Gasteiger partial charge >= 0.3 is 5.97 Å². The van der Waals surface area contributed by atoms with Gasteiger partial charge in [0.15, 0.2) is 5.82 Å². The molecular formula is C13H12BrFO2. The number of benzene rings is 1. The van der Waals surface area contributed by atoms with Gasteiger partial charge in [0.05, 0.1) is 15.6 Å². The van der Waals surface area contributed by atoms with E-state index in [9.17, 15) is 9.18 Å². The summed E-state index contributed by atoms with van der Waals surface area (Å²) in [6, 6.07) is 2.65. The first-order valence-corrected chi connectivity index (χ1v) is 5.73. The van der Waals surface area contributed by atoms with E-state index in [0.717, 1.165) is 0 Å². The zero-order chi connectivity index (χ0) is 13.2. The van der Waals surface area contributed by atoms with Crippen molar-refractivity contribution in [2.24, 2.45) is 0 Å². The second-order valence-electron chi connectivity index (χ2n) is 4.47. The van der Waals surface area contributed by atoms with Crippen molar-refractivity contribution in [3.8, 4) is 12.3 Å². The summed E-state index contributed by atoms with van der Waals surface area (Å²) in [7, 11) is 0. The van der Waals surface area contributed by atoms with E-state index in [4.69, 9.17) is 11.2 Å². The molecule has 0 saturated carbocycles. The van der Waals surface area contributed by atoms with Crippen molar-refractivity contribution >= 4 is 21.9 Å². The molecule has 0 N–H and O–H groups in total.